The van der Waals surface area contributed by atoms with Gasteiger partial charge in [-0.1, -0.05) is 0 Å². The third-order valence-corrected chi connectivity index (χ3v) is 3.30. The summed E-state index contributed by atoms with van der Waals surface area (Å²) in [6.07, 6.45) is 0. The molecule has 116 valence electrons. The Balaban J connectivity index is 1.91. The highest BCUT2D eigenvalue weighted by molar-refractivity contribution is 5.63. The first-order chi connectivity index (χ1) is 11.1. The number of ether oxygens (including phenoxy) is 1. The number of hydrogen-bond donors (Lipinski definition) is 3. The van der Waals surface area contributed by atoms with Crippen LogP contribution < -0.4 is 21.3 Å². The van der Waals surface area contributed by atoms with Crippen LogP contribution in [0, 0.1) is 0 Å². The summed E-state index contributed by atoms with van der Waals surface area (Å²) in [5.74, 6) is 1.12. The smallest absolute Gasteiger partial charge is 0.252 e. The van der Waals surface area contributed by atoms with Gasteiger partial charge < -0.3 is 15.8 Å². The summed E-state index contributed by atoms with van der Waals surface area (Å²) >= 11 is 0. The Bertz CT molecular complexity index is 855. The van der Waals surface area contributed by atoms with Crippen LogP contribution in [0.15, 0.2) is 59.4 Å². The minimum absolute atomic E-state index is 0.233. The molecule has 0 saturated carbocycles. The van der Waals surface area contributed by atoms with E-state index in [0.717, 1.165) is 17.0 Å². The van der Waals surface area contributed by atoms with Gasteiger partial charge in [0.15, 0.2) is 0 Å². The first kappa shape index (κ1) is 14.6. The van der Waals surface area contributed by atoms with Crippen LogP contribution in [-0.4, -0.2) is 17.1 Å². The van der Waals surface area contributed by atoms with E-state index in [9.17, 15) is 4.79 Å². The van der Waals surface area contributed by atoms with Crippen molar-refractivity contribution in [3.05, 3.63) is 65.0 Å². The maximum absolute atomic E-state index is 11.9. The molecular formula is C17H16N4O2. The first-order valence-electron chi connectivity index (χ1n) is 7.02. The quantitative estimate of drug-likeness (QED) is 0.644. The minimum Gasteiger partial charge on any atom is -0.497 e. The van der Waals surface area contributed by atoms with E-state index in [1.165, 1.54) is 6.07 Å². The molecule has 0 aliphatic carbocycles. The summed E-state index contributed by atoms with van der Waals surface area (Å²) in [5.41, 5.74) is 8.29. The number of benzene rings is 2. The third kappa shape index (κ3) is 3.49. The lowest BCUT2D eigenvalue weighted by Gasteiger charge is -2.08. The van der Waals surface area contributed by atoms with Gasteiger partial charge in [-0.25, -0.2) is 4.98 Å². The molecule has 0 aliphatic heterocycles. The maximum atomic E-state index is 11.9. The van der Waals surface area contributed by atoms with Crippen molar-refractivity contribution < 1.29 is 4.74 Å². The third-order valence-electron chi connectivity index (χ3n) is 3.30. The van der Waals surface area contributed by atoms with Crippen LogP contribution in [0.2, 0.25) is 0 Å². The fraction of sp³-hybridized carbons (Fsp3) is 0.0588. The first-order valence-corrected chi connectivity index (χ1v) is 7.02. The zero-order valence-corrected chi connectivity index (χ0v) is 12.5. The summed E-state index contributed by atoms with van der Waals surface area (Å²) < 4.78 is 5.13. The van der Waals surface area contributed by atoms with Gasteiger partial charge in [-0.15, -0.1) is 0 Å². The van der Waals surface area contributed by atoms with E-state index in [1.807, 2.05) is 36.4 Å². The summed E-state index contributed by atoms with van der Waals surface area (Å²) in [4.78, 5) is 19.0. The number of anilines is 3. The van der Waals surface area contributed by atoms with Crippen LogP contribution in [0.5, 0.6) is 5.75 Å². The zero-order valence-electron chi connectivity index (χ0n) is 12.5. The maximum Gasteiger partial charge on any atom is 0.252 e. The number of hydrogen-bond acceptors (Lipinski definition) is 5. The summed E-state index contributed by atoms with van der Waals surface area (Å²) in [7, 11) is 1.61. The second-order valence-corrected chi connectivity index (χ2v) is 4.95. The van der Waals surface area contributed by atoms with Crippen molar-refractivity contribution in [2.24, 2.45) is 0 Å². The number of methoxy groups -OCH3 is 1. The second-order valence-electron chi connectivity index (χ2n) is 4.95. The van der Waals surface area contributed by atoms with E-state index in [4.69, 9.17) is 10.5 Å². The molecule has 0 spiro atoms. The van der Waals surface area contributed by atoms with E-state index in [0.29, 0.717) is 17.3 Å². The molecule has 0 unspecified atom stereocenters. The lowest BCUT2D eigenvalue weighted by molar-refractivity contribution is 0.415. The molecule has 0 radical (unpaired) electrons. The normalized spacial score (nSPS) is 10.3. The Labute approximate surface area is 133 Å². The highest BCUT2D eigenvalue weighted by Crippen LogP contribution is 2.21. The Kier molecular flexibility index (Phi) is 3.97. The number of rotatable bonds is 4. The van der Waals surface area contributed by atoms with Gasteiger partial charge >= 0.3 is 0 Å². The SMILES string of the molecule is COc1ccc(-c2cc(=O)[nH]c(Nc3ccc(N)cc3)n2)cc1. The predicted octanol–water partition coefficient (Wildman–Crippen LogP) is 2.77. The zero-order chi connectivity index (χ0) is 16.2. The lowest BCUT2D eigenvalue weighted by atomic mass is 10.1. The molecule has 0 atom stereocenters. The van der Waals surface area contributed by atoms with Crippen LogP contribution in [0.25, 0.3) is 11.3 Å². The molecule has 1 heterocycles. The van der Waals surface area contributed by atoms with Crippen molar-refractivity contribution in [3.63, 3.8) is 0 Å². The highest BCUT2D eigenvalue weighted by atomic mass is 16.5. The second kappa shape index (κ2) is 6.23. The molecule has 3 aromatic rings. The molecule has 0 fully saturated rings. The largest absolute Gasteiger partial charge is 0.497 e. The Hall–Kier alpha value is -3.28. The standard InChI is InChI=1S/C17H16N4O2/c1-23-14-8-2-11(3-9-14)15-10-16(22)21-17(20-15)19-13-6-4-12(18)5-7-13/h2-10H,18H2,1H3,(H2,19,20,21,22). The molecule has 6 heteroatoms. The summed E-state index contributed by atoms with van der Waals surface area (Å²) in [5, 5.41) is 3.06. The van der Waals surface area contributed by atoms with Gasteiger partial charge in [0, 0.05) is 23.0 Å². The molecule has 2 aromatic carbocycles. The number of aromatic nitrogens is 2. The van der Waals surface area contributed by atoms with E-state index in [1.54, 1.807) is 19.2 Å². The molecule has 3 rings (SSSR count). The van der Waals surface area contributed by atoms with Crippen molar-refractivity contribution in [2.75, 3.05) is 18.2 Å². The minimum atomic E-state index is -0.233. The number of nitrogens with one attached hydrogen (secondary N) is 2. The lowest BCUT2D eigenvalue weighted by Crippen LogP contribution is -2.10. The van der Waals surface area contributed by atoms with Gasteiger partial charge in [0.2, 0.25) is 5.95 Å². The molecule has 0 amide bonds. The monoisotopic (exact) mass is 308 g/mol. The molecule has 1 aromatic heterocycles. The highest BCUT2D eigenvalue weighted by Gasteiger charge is 2.05. The fourth-order valence-corrected chi connectivity index (χ4v) is 2.13. The molecule has 4 N–H and O–H groups in total. The fourth-order valence-electron chi connectivity index (χ4n) is 2.13. The van der Waals surface area contributed by atoms with E-state index in [-0.39, 0.29) is 5.56 Å². The molecular weight excluding hydrogens is 292 g/mol. The number of nitrogen functional groups attached to an aromatic ring is 1. The Morgan fingerprint density at radius 1 is 1.09 bits per heavy atom. The average Bonchev–Trinajstić information content (AvgIpc) is 2.56. The van der Waals surface area contributed by atoms with Gasteiger partial charge in [0.1, 0.15) is 5.75 Å². The van der Waals surface area contributed by atoms with Gasteiger partial charge in [-0.3, -0.25) is 9.78 Å². The number of aromatic amines is 1. The van der Waals surface area contributed by atoms with Gasteiger partial charge in [-0.05, 0) is 48.5 Å². The molecule has 0 bridgehead atoms. The summed E-state index contributed by atoms with van der Waals surface area (Å²) in [6, 6.07) is 16.0. The summed E-state index contributed by atoms with van der Waals surface area (Å²) in [6.45, 7) is 0. The molecule has 23 heavy (non-hydrogen) atoms. The van der Waals surface area contributed by atoms with E-state index < -0.39 is 0 Å². The Morgan fingerprint density at radius 2 is 1.78 bits per heavy atom. The van der Waals surface area contributed by atoms with Crippen molar-refractivity contribution in [2.45, 2.75) is 0 Å². The van der Waals surface area contributed by atoms with Crippen molar-refractivity contribution >= 4 is 17.3 Å². The molecule has 0 saturated heterocycles. The molecule has 0 aliphatic rings. The van der Waals surface area contributed by atoms with Gasteiger partial charge in [-0.2, -0.15) is 0 Å². The Morgan fingerprint density at radius 3 is 2.43 bits per heavy atom. The number of nitrogens with zero attached hydrogens (tertiary/aromatic N) is 1. The van der Waals surface area contributed by atoms with Crippen LogP contribution in [0.3, 0.4) is 0 Å². The van der Waals surface area contributed by atoms with Crippen LogP contribution in [0.1, 0.15) is 0 Å². The topological polar surface area (TPSA) is 93.0 Å². The predicted molar refractivity (Wildman–Crippen MR) is 91.0 cm³/mol. The molecule has 6 nitrogen and oxygen atoms in total. The number of nitrogens with two attached hydrogens (primary N) is 1. The van der Waals surface area contributed by atoms with Gasteiger partial charge in [0.05, 0.1) is 12.8 Å². The average molecular weight is 308 g/mol. The van der Waals surface area contributed by atoms with Crippen molar-refractivity contribution in [3.8, 4) is 17.0 Å². The van der Waals surface area contributed by atoms with Crippen LogP contribution in [-0.2, 0) is 0 Å². The van der Waals surface area contributed by atoms with Crippen molar-refractivity contribution in [1.29, 1.82) is 0 Å². The number of H-pyrrole nitrogens is 1. The van der Waals surface area contributed by atoms with Gasteiger partial charge in [0.25, 0.3) is 5.56 Å². The van der Waals surface area contributed by atoms with Crippen LogP contribution >= 0.6 is 0 Å². The van der Waals surface area contributed by atoms with Crippen molar-refractivity contribution in [1.82, 2.24) is 9.97 Å². The van der Waals surface area contributed by atoms with Crippen LogP contribution in [0.4, 0.5) is 17.3 Å². The van der Waals surface area contributed by atoms with E-state index >= 15 is 0 Å². The van der Waals surface area contributed by atoms with E-state index in [2.05, 4.69) is 15.3 Å².